The van der Waals surface area contributed by atoms with E-state index < -0.39 is 11.9 Å². The summed E-state index contributed by atoms with van der Waals surface area (Å²) in [7, 11) is 0. The van der Waals surface area contributed by atoms with Crippen LogP contribution in [0.2, 0.25) is 5.02 Å². The molecule has 1 heterocycles. The second-order valence-electron chi connectivity index (χ2n) is 5.59. The second kappa shape index (κ2) is 6.47. The van der Waals surface area contributed by atoms with Crippen LogP contribution in [0.1, 0.15) is 46.2 Å². The van der Waals surface area contributed by atoms with Gasteiger partial charge in [-0.3, -0.25) is 0 Å². The molecule has 1 nitrogen and oxygen atoms in total. The van der Waals surface area contributed by atoms with E-state index in [-0.39, 0.29) is 11.4 Å². The summed E-state index contributed by atoms with van der Waals surface area (Å²) >= 11 is 7.47. The Morgan fingerprint density at radius 1 is 1.24 bits per heavy atom. The standard InChI is InChI=1S/C17H18ClFOS/c18-13-7-4-6-12(17(13)19)9-14(20)16-10-11-5-2-1-3-8-15(11)21-16/h4,6-7,10,14,20H,1-3,5,8-9H2. The van der Waals surface area contributed by atoms with Gasteiger partial charge in [0, 0.05) is 16.2 Å². The molecular formula is C17H18ClFOS. The highest BCUT2D eigenvalue weighted by atomic mass is 35.5. The summed E-state index contributed by atoms with van der Waals surface area (Å²) in [5.41, 5.74) is 1.84. The summed E-state index contributed by atoms with van der Waals surface area (Å²) in [5, 5.41) is 10.5. The Labute approximate surface area is 133 Å². The van der Waals surface area contributed by atoms with Gasteiger partial charge in [0.05, 0.1) is 11.1 Å². The number of rotatable bonds is 3. The molecule has 0 amide bonds. The number of hydrogen-bond donors (Lipinski definition) is 1. The SMILES string of the molecule is OC(Cc1cccc(Cl)c1F)c1cc2c(s1)CCCCC2. The molecule has 0 aliphatic heterocycles. The van der Waals surface area contributed by atoms with E-state index in [0.717, 1.165) is 17.7 Å². The van der Waals surface area contributed by atoms with Gasteiger partial charge in [0.1, 0.15) is 5.82 Å². The van der Waals surface area contributed by atoms with Gasteiger partial charge in [-0.1, -0.05) is 30.2 Å². The van der Waals surface area contributed by atoms with Gasteiger partial charge in [0.25, 0.3) is 0 Å². The minimum atomic E-state index is -0.658. The van der Waals surface area contributed by atoms with Gasteiger partial charge >= 0.3 is 0 Å². The lowest BCUT2D eigenvalue weighted by molar-refractivity contribution is 0.181. The van der Waals surface area contributed by atoms with Crippen molar-refractivity contribution in [3.63, 3.8) is 0 Å². The van der Waals surface area contributed by atoms with E-state index in [1.807, 2.05) is 0 Å². The van der Waals surface area contributed by atoms with E-state index in [9.17, 15) is 9.50 Å². The van der Waals surface area contributed by atoms with Crippen LogP contribution in [-0.2, 0) is 19.3 Å². The molecular weight excluding hydrogens is 307 g/mol. The van der Waals surface area contributed by atoms with Crippen molar-refractivity contribution in [2.75, 3.05) is 0 Å². The summed E-state index contributed by atoms with van der Waals surface area (Å²) in [6.45, 7) is 0. The molecule has 0 bridgehead atoms. The normalized spacial score (nSPS) is 16.3. The van der Waals surface area contributed by atoms with Crippen molar-refractivity contribution in [2.24, 2.45) is 0 Å². The average Bonchev–Trinajstić information content (AvgIpc) is 2.75. The number of halogens is 2. The molecule has 0 saturated carbocycles. The van der Waals surface area contributed by atoms with Gasteiger partial charge in [0.15, 0.2) is 0 Å². The van der Waals surface area contributed by atoms with E-state index in [4.69, 9.17) is 11.6 Å². The molecule has 1 aromatic carbocycles. The zero-order valence-electron chi connectivity index (χ0n) is 11.7. The van der Waals surface area contributed by atoms with Gasteiger partial charge in [-0.05, 0) is 48.9 Å². The van der Waals surface area contributed by atoms with Gasteiger partial charge in [-0.2, -0.15) is 0 Å². The molecule has 0 fully saturated rings. The number of thiophene rings is 1. The molecule has 0 spiro atoms. The first-order chi connectivity index (χ1) is 10.1. The number of hydrogen-bond acceptors (Lipinski definition) is 2. The van der Waals surface area contributed by atoms with Crippen molar-refractivity contribution in [2.45, 2.75) is 44.6 Å². The molecule has 112 valence electrons. The summed E-state index contributed by atoms with van der Waals surface area (Å²) in [5.74, 6) is -0.420. The van der Waals surface area contributed by atoms with E-state index in [0.29, 0.717) is 5.56 Å². The molecule has 4 heteroatoms. The highest BCUT2D eigenvalue weighted by Gasteiger charge is 2.19. The van der Waals surface area contributed by atoms with Crippen LogP contribution in [0.4, 0.5) is 4.39 Å². The van der Waals surface area contributed by atoms with E-state index >= 15 is 0 Å². The van der Waals surface area contributed by atoms with Crippen molar-refractivity contribution in [1.29, 1.82) is 0 Å². The van der Waals surface area contributed by atoms with Crippen molar-refractivity contribution in [3.05, 3.63) is 56.0 Å². The lowest BCUT2D eigenvalue weighted by Gasteiger charge is -2.10. The minimum Gasteiger partial charge on any atom is -0.387 e. The third-order valence-corrected chi connectivity index (χ3v) is 5.67. The molecule has 1 unspecified atom stereocenters. The second-order valence-corrected chi connectivity index (χ2v) is 7.17. The van der Waals surface area contributed by atoms with E-state index in [1.54, 1.807) is 23.5 Å². The maximum Gasteiger partial charge on any atom is 0.145 e. The maximum absolute atomic E-state index is 13.9. The topological polar surface area (TPSA) is 20.2 Å². The molecule has 1 aliphatic carbocycles. The zero-order valence-corrected chi connectivity index (χ0v) is 13.3. The smallest absolute Gasteiger partial charge is 0.145 e. The highest BCUT2D eigenvalue weighted by Crippen LogP contribution is 2.34. The van der Waals surface area contributed by atoms with E-state index in [1.165, 1.54) is 35.8 Å². The molecule has 1 aliphatic rings. The van der Waals surface area contributed by atoms with Crippen molar-refractivity contribution < 1.29 is 9.50 Å². The monoisotopic (exact) mass is 324 g/mol. The Bertz CT molecular complexity index is 614. The lowest BCUT2D eigenvalue weighted by atomic mass is 10.0. The summed E-state index contributed by atoms with van der Waals surface area (Å²) < 4.78 is 13.9. The Kier molecular flexibility index (Phi) is 4.63. The Morgan fingerprint density at radius 3 is 2.90 bits per heavy atom. The Morgan fingerprint density at radius 2 is 2.05 bits per heavy atom. The fourth-order valence-corrected chi connectivity index (χ4v) is 4.31. The third kappa shape index (κ3) is 3.31. The number of aliphatic hydroxyl groups excluding tert-OH is 1. The van der Waals surface area contributed by atoms with Crippen LogP contribution in [-0.4, -0.2) is 5.11 Å². The van der Waals surface area contributed by atoms with Crippen molar-refractivity contribution >= 4 is 22.9 Å². The molecule has 1 N–H and O–H groups in total. The van der Waals surface area contributed by atoms with Crippen LogP contribution in [0.15, 0.2) is 24.3 Å². The van der Waals surface area contributed by atoms with E-state index in [2.05, 4.69) is 6.07 Å². The predicted octanol–water partition coefficient (Wildman–Crippen LogP) is 5.09. The zero-order chi connectivity index (χ0) is 14.8. The largest absolute Gasteiger partial charge is 0.387 e. The first kappa shape index (κ1) is 15.0. The summed E-state index contributed by atoms with van der Waals surface area (Å²) in [6.07, 6.45) is 5.56. The van der Waals surface area contributed by atoms with Gasteiger partial charge in [0.2, 0.25) is 0 Å². The first-order valence-corrected chi connectivity index (χ1v) is 8.57. The van der Waals surface area contributed by atoms with Gasteiger partial charge in [-0.15, -0.1) is 11.3 Å². The Hall–Kier alpha value is -0.900. The summed E-state index contributed by atoms with van der Waals surface area (Å²) in [6, 6.07) is 7.04. The Balaban J connectivity index is 1.79. The van der Waals surface area contributed by atoms with Crippen LogP contribution >= 0.6 is 22.9 Å². The van der Waals surface area contributed by atoms with Crippen LogP contribution in [0.5, 0.6) is 0 Å². The highest BCUT2D eigenvalue weighted by molar-refractivity contribution is 7.12. The van der Waals surface area contributed by atoms with Gasteiger partial charge < -0.3 is 5.11 Å². The minimum absolute atomic E-state index is 0.113. The molecule has 0 saturated heterocycles. The van der Waals surface area contributed by atoms with Crippen LogP contribution < -0.4 is 0 Å². The number of fused-ring (bicyclic) bond motifs is 1. The molecule has 1 atom stereocenters. The first-order valence-electron chi connectivity index (χ1n) is 7.37. The third-order valence-electron chi connectivity index (χ3n) is 4.04. The van der Waals surface area contributed by atoms with Crippen LogP contribution in [0.25, 0.3) is 0 Å². The molecule has 2 aromatic rings. The fourth-order valence-electron chi connectivity index (χ4n) is 2.87. The average molecular weight is 325 g/mol. The molecule has 0 radical (unpaired) electrons. The molecule has 21 heavy (non-hydrogen) atoms. The quantitative estimate of drug-likeness (QED) is 0.780. The fraction of sp³-hybridized carbons (Fsp3) is 0.412. The van der Waals surface area contributed by atoms with Crippen molar-refractivity contribution in [3.8, 4) is 0 Å². The number of aryl methyl sites for hydroxylation is 2. The maximum atomic E-state index is 13.9. The van der Waals surface area contributed by atoms with Crippen LogP contribution in [0, 0.1) is 5.82 Å². The number of benzene rings is 1. The summed E-state index contributed by atoms with van der Waals surface area (Å²) in [4.78, 5) is 2.34. The molecule has 3 rings (SSSR count). The lowest BCUT2D eigenvalue weighted by Crippen LogP contribution is -2.02. The van der Waals surface area contributed by atoms with Gasteiger partial charge in [-0.25, -0.2) is 4.39 Å². The predicted molar refractivity (Wildman–Crippen MR) is 85.7 cm³/mol. The number of aliphatic hydroxyl groups is 1. The molecule has 1 aromatic heterocycles. The van der Waals surface area contributed by atoms with Crippen molar-refractivity contribution in [1.82, 2.24) is 0 Å². The van der Waals surface area contributed by atoms with Crippen LogP contribution in [0.3, 0.4) is 0 Å².